The maximum atomic E-state index is 12.8. The van der Waals surface area contributed by atoms with Crippen LogP contribution in [0.15, 0.2) is 47.4 Å². The summed E-state index contributed by atoms with van der Waals surface area (Å²) in [5.74, 6) is -1.07. The molecule has 0 saturated heterocycles. The number of aliphatic carboxylic acids is 1. The zero-order valence-corrected chi connectivity index (χ0v) is 15.3. The molecule has 8 nitrogen and oxygen atoms in total. The summed E-state index contributed by atoms with van der Waals surface area (Å²) in [7, 11) is -1.45. The summed E-state index contributed by atoms with van der Waals surface area (Å²) in [4.78, 5) is 10.5. The second-order valence-electron chi connectivity index (χ2n) is 5.22. The Bertz CT molecular complexity index is 1020. The zero-order valence-electron chi connectivity index (χ0n) is 14.5. The Morgan fingerprint density at radius 1 is 1.19 bits per heavy atom. The van der Waals surface area contributed by atoms with E-state index in [0.717, 1.165) is 6.08 Å². The number of hydrogen-bond donors (Lipinski definition) is 2. The van der Waals surface area contributed by atoms with Crippen LogP contribution in [0.4, 0.5) is 5.69 Å². The highest BCUT2D eigenvalue weighted by atomic mass is 32.2. The van der Waals surface area contributed by atoms with E-state index in [9.17, 15) is 13.2 Å². The van der Waals surface area contributed by atoms with Crippen LogP contribution < -0.4 is 14.2 Å². The first-order valence-corrected chi connectivity index (χ1v) is 8.99. The van der Waals surface area contributed by atoms with E-state index in [1.165, 1.54) is 56.7 Å². The molecule has 0 heterocycles. The fourth-order valence-corrected chi connectivity index (χ4v) is 3.51. The number of nitrogens with zero attached hydrogens (tertiary/aromatic N) is 1. The van der Waals surface area contributed by atoms with Crippen LogP contribution in [0.2, 0.25) is 0 Å². The molecule has 0 aromatic heterocycles. The van der Waals surface area contributed by atoms with E-state index in [1.807, 2.05) is 6.07 Å². The van der Waals surface area contributed by atoms with E-state index in [0.29, 0.717) is 11.1 Å². The molecule has 0 bridgehead atoms. The van der Waals surface area contributed by atoms with Gasteiger partial charge in [0.2, 0.25) is 0 Å². The molecule has 0 spiro atoms. The standard InChI is InChI=1S/C18H16N2O6S/c1-25-15-9-13(5-8-17(21)22)10-16(18(15)26-2)27(23,24)20-14-6-3-12(11-19)4-7-14/h3-10,20H,1-2H3,(H,21,22)/b8-5+. The molecule has 0 atom stereocenters. The molecule has 0 aliphatic rings. The Labute approximate surface area is 156 Å². The first kappa shape index (κ1) is 19.8. The van der Waals surface area contributed by atoms with Gasteiger partial charge in [0.15, 0.2) is 11.5 Å². The quantitative estimate of drug-likeness (QED) is 0.698. The Morgan fingerprint density at radius 3 is 2.37 bits per heavy atom. The fraction of sp³-hybridized carbons (Fsp3) is 0.111. The van der Waals surface area contributed by atoms with Crippen molar-refractivity contribution in [3.63, 3.8) is 0 Å². The molecule has 2 aromatic rings. The van der Waals surface area contributed by atoms with Crippen molar-refractivity contribution in [2.75, 3.05) is 18.9 Å². The summed E-state index contributed by atoms with van der Waals surface area (Å²) in [5, 5.41) is 17.6. The van der Waals surface area contributed by atoms with Gasteiger partial charge in [-0.1, -0.05) is 0 Å². The highest BCUT2D eigenvalue weighted by molar-refractivity contribution is 7.92. The van der Waals surface area contributed by atoms with Crippen LogP contribution in [0, 0.1) is 11.3 Å². The SMILES string of the molecule is COc1cc(/C=C/C(=O)O)cc(S(=O)(=O)Nc2ccc(C#N)cc2)c1OC. The average molecular weight is 388 g/mol. The van der Waals surface area contributed by atoms with Gasteiger partial charge in [-0.25, -0.2) is 13.2 Å². The lowest BCUT2D eigenvalue weighted by Gasteiger charge is -2.15. The van der Waals surface area contributed by atoms with Crippen molar-refractivity contribution in [3.8, 4) is 17.6 Å². The average Bonchev–Trinajstić information content (AvgIpc) is 2.65. The number of nitrogens with one attached hydrogen (secondary N) is 1. The van der Waals surface area contributed by atoms with E-state index in [4.69, 9.17) is 19.8 Å². The maximum Gasteiger partial charge on any atom is 0.328 e. The molecule has 2 rings (SSSR count). The monoisotopic (exact) mass is 388 g/mol. The minimum absolute atomic E-state index is 0.0221. The highest BCUT2D eigenvalue weighted by Gasteiger charge is 2.24. The van der Waals surface area contributed by atoms with Gasteiger partial charge in [-0.3, -0.25) is 4.72 Å². The summed E-state index contributed by atoms with van der Waals surface area (Å²) in [6.45, 7) is 0. The molecule has 0 saturated carbocycles. The third-order valence-corrected chi connectivity index (χ3v) is 4.83. The summed E-state index contributed by atoms with van der Waals surface area (Å²) in [6.07, 6.45) is 2.12. The van der Waals surface area contributed by atoms with Gasteiger partial charge in [0, 0.05) is 11.8 Å². The van der Waals surface area contributed by atoms with Gasteiger partial charge in [-0.15, -0.1) is 0 Å². The van der Waals surface area contributed by atoms with Gasteiger partial charge in [0.05, 0.1) is 25.9 Å². The molecule has 0 radical (unpaired) electrons. The van der Waals surface area contributed by atoms with Crippen LogP contribution in [0.3, 0.4) is 0 Å². The highest BCUT2D eigenvalue weighted by Crippen LogP contribution is 2.36. The van der Waals surface area contributed by atoms with Crippen molar-refractivity contribution < 1.29 is 27.8 Å². The van der Waals surface area contributed by atoms with Crippen molar-refractivity contribution in [1.29, 1.82) is 5.26 Å². The van der Waals surface area contributed by atoms with Crippen molar-refractivity contribution >= 4 is 27.8 Å². The van der Waals surface area contributed by atoms with E-state index >= 15 is 0 Å². The molecule has 0 aliphatic heterocycles. The molecule has 0 unspecified atom stereocenters. The van der Waals surface area contributed by atoms with Crippen LogP contribution >= 0.6 is 0 Å². The predicted molar refractivity (Wildman–Crippen MR) is 98.2 cm³/mol. The number of carboxylic acid groups (broad SMARTS) is 1. The molecule has 0 fully saturated rings. The number of sulfonamides is 1. The first-order chi connectivity index (χ1) is 12.8. The van der Waals surface area contributed by atoms with Gasteiger partial charge in [-0.05, 0) is 48.0 Å². The summed E-state index contributed by atoms with van der Waals surface area (Å²) in [5.41, 5.74) is 0.940. The molecule has 140 valence electrons. The Hall–Kier alpha value is -3.51. The van der Waals surface area contributed by atoms with Gasteiger partial charge >= 0.3 is 5.97 Å². The van der Waals surface area contributed by atoms with Gasteiger partial charge in [0.1, 0.15) is 4.90 Å². The number of ether oxygens (including phenoxy) is 2. The number of rotatable bonds is 7. The van der Waals surface area contributed by atoms with Crippen LogP contribution in [0.25, 0.3) is 6.08 Å². The molecular weight excluding hydrogens is 372 g/mol. The molecule has 9 heteroatoms. The molecule has 27 heavy (non-hydrogen) atoms. The van der Waals surface area contributed by atoms with Crippen molar-refractivity contribution in [2.45, 2.75) is 4.90 Å². The smallest absolute Gasteiger partial charge is 0.328 e. The number of hydrogen-bond acceptors (Lipinski definition) is 6. The minimum Gasteiger partial charge on any atom is -0.493 e. The molecule has 2 aromatic carbocycles. The Kier molecular flexibility index (Phi) is 6.05. The van der Waals surface area contributed by atoms with E-state index in [2.05, 4.69) is 4.72 Å². The number of anilines is 1. The maximum absolute atomic E-state index is 12.8. The van der Waals surface area contributed by atoms with Crippen molar-refractivity contribution in [2.24, 2.45) is 0 Å². The Morgan fingerprint density at radius 2 is 1.85 bits per heavy atom. The van der Waals surface area contributed by atoms with Crippen LogP contribution in [-0.4, -0.2) is 33.7 Å². The normalized spacial score (nSPS) is 11.0. The number of methoxy groups -OCH3 is 2. The summed E-state index contributed by atoms with van der Waals surface area (Å²) in [6, 6.07) is 10.5. The second-order valence-corrected chi connectivity index (χ2v) is 6.87. The first-order valence-electron chi connectivity index (χ1n) is 7.50. The summed E-state index contributed by atoms with van der Waals surface area (Å²) < 4.78 is 38.4. The topological polar surface area (TPSA) is 126 Å². The van der Waals surface area contributed by atoms with Crippen molar-refractivity contribution in [3.05, 3.63) is 53.6 Å². The number of benzene rings is 2. The number of carboxylic acids is 1. The molecule has 2 N–H and O–H groups in total. The van der Waals surface area contributed by atoms with Crippen molar-refractivity contribution in [1.82, 2.24) is 0 Å². The fourth-order valence-electron chi connectivity index (χ4n) is 2.24. The molecular formula is C18H16N2O6S. The molecule has 0 aliphatic carbocycles. The number of carbonyl (C=O) groups is 1. The number of nitriles is 1. The summed E-state index contributed by atoms with van der Waals surface area (Å²) >= 11 is 0. The van der Waals surface area contributed by atoms with E-state index in [1.54, 1.807) is 0 Å². The minimum atomic E-state index is -4.09. The lowest BCUT2D eigenvalue weighted by molar-refractivity contribution is -0.131. The second kappa shape index (κ2) is 8.25. The van der Waals surface area contributed by atoms with E-state index < -0.39 is 16.0 Å². The lowest BCUT2D eigenvalue weighted by atomic mass is 10.2. The lowest BCUT2D eigenvalue weighted by Crippen LogP contribution is -2.15. The van der Waals surface area contributed by atoms with Gasteiger partial charge < -0.3 is 14.6 Å². The third-order valence-electron chi connectivity index (χ3n) is 3.44. The van der Waals surface area contributed by atoms with Crippen LogP contribution in [-0.2, 0) is 14.8 Å². The van der Waals surface area contributed by atoms with E-state index in [-0.39, 0.29) is 22.1 Å². The van der Waals surface area contributed by atoms with Crippen LogP contribution in [0.1, 0.15) is 11.1 Å². The van der Waals surface area contributed by atoms with Gasteiger partial charge in [0.25, 0.3) is 10.0 Å². The van der Waals surface area contributed by atoms with Gasteiger partial charge in [-0.2, -0.15) is 5.26 Å². The molecule has 0 amide bonds. The largest absolute Gasteiger partial charge is 0.493 e. The zero-order chi connectivity index (χ0) is 20.0. The third kappa shape index (κ3) is 4.77. The van der Waals surface area contributed by atoms with Crippen LogP contribution in [0.5, 0.6) is 11.5 Å². The Balaban J connectivity index is 2.53. The predicted octanol–water partition coefficient (Wildman–Crippen LogP) is 2.47.